The molecular formula is C15H12FN3O2. The Balaban J connectivity index is 2.31. The zero-order chi connectivity index (χ0) is 15.1. The highest BCUT2D eigenvalue weighted by molar-refractivity contribution is 5.86. The summed E-state index contributed by atoms with van der Waals surface area (Å²) in [6.07, 6.45) is 3.07. The lowest BCUT2D eigenvalue weighted by atomic mass is 10.0. The number of aryl methyl sites for hydroxylation is 2. The van der Waals surface area contributed by atoms with Gasteiger partial charge in [0.2, 0.25) is 5.56 Å². The fourth-order valence-electron chi connectivity index (χ4n) is 2.23. The number of pyridine rings is 1. The molecule has 5 nitrogen and oxygen atoms in total. The van der Waals surface area contributed by atoms with E-state index in [4.69, 9.17) is 0 Å². The first-order valence-electron chi connectivity index (χ1n) is 6.30. The standard InChI is InChI=1S/C15H12FN3O2/c1-18-8-9(3-4-14(18)20)11-5-10-7-17-19(2)15(21)12(10)6-13(11)16/h3-8H,1-2H3. The molecule has 0 saturated carbocycles. The van der Waals surface area contributed by atoms with Gasteiger partial charge in [-0.3, -0.25) is 9.59 Å². The minimum atomic E-state index is -0.510. The Bertz CT molecular complexity index is 973. The van der Waals surface area contributed by atoms with E-state index in [1.807, 2.05) is 0 Å². The molecule has 106 valence electrons. The molecule has 0 spiro atoms. The van der Waals surface area contributed by atoms with Gasteiger partial charge >= 0.3 is 0 Å². The first-order valence-corrected chi connectivity index (χ1v) is 6.30. The third-order valence-corrected chi connectivity index (χ3v) is 3.43. The first-order chi connectivity index (χ1) is 9.97. The Kier molecular flexibility index (Phi) is 2.94. The highest BCUT2D eigenvalue weighted by Crippen LogP contribution is 2.25. The summed E-state index contributed by atoms with van der Waals surface area (Å²) in [7, 11) is 3.11. The monoisotopic (exact) mass is 285 g/mol. The van der Waals surface area contributed by atoms with Crippen LogP contribution in [0.5, 0.6) is 0 Å². The predicted octanol–water partition coefficient (Wildman–Crippen LogP) is 1.44. The summed E-state index contributed by atoms with van der Waals surface area (Å²) >= 11 is 0. The SMILES string of the molecule is Cn1cc(-c2cc3cnn(C)c(=O)c3cc2F)ccc1=O. The van der Waals surface area contributed by atoms with Crippen LogP contribution in [0, 0.1) is 5.82 Å². The number of benzene rings is 1. The molecule has 2 aromatic heterocycles. The third-order valence-electron chi connectivity index (χ3n) is 3.43. The molecule has 0 bridgehead atoms. The van der Waals surface area contributed by atoms with Crippen molar-refractivity contribution in [3.05, 3.63) is 63.2 Å². The minimum Gasteiger partial charge on any atom is -0.318 e. The van der Waals surface area contributed by atoms with Crippen LogP contribution in [0.15, 0.2) is 46.2 Å². The first kappa shape index (κ1) is 13.2. The Morgan fingerprint density at radius 3 is 2.62 bits per heavy atom. The highest BCUT2D eigenvalue weighted by Gasteiger charge is 2.11. The number of hydrogen-bond acceptors (Lipinski definition) is 3. The minimum absolute atomic E-state index is 0.171. The summed E-state index contributed by atoms with van der Waals surface area (Å²) in [4.78, 5) is 23.3. The molecule has 0 fully saturated rings. The summed E-state index contributed by atoms with van der Waals surface area (Å²) in [5.74, 6) is -0.510. The molecule has 0 aliphatic carbocycles. The van der Waals surface area contributed by atoms with Crippen LogP contribution in [0.25, 0.3) is 21.9 Å². The summed E-state index contributed by atoms with van der Waals surface area (Å²) in [5, 5.41) is 4.76. The molecule has 0 aliphatic rings. The van der Waals surface area contributed by atoms with Gasteiger partial charge in [-0.05, 0) is 18.2 Å². The van der Waals surface area contributed by atoms with Crippen molar-refractivity contribution in [3.63, 3.8) is 0 Å². The number of hydrogen-bond donors (Lipinski definition) is 0. The highest BCUT2D eigenvalue weighted by atomic mass is 19.1. The van der Waals surface area contributed by atoms with Gasteiger partial charge < -0.3 is 4.57 Å². The van der Waals surface area contributed by atoms with Crippen molar-refractivity contribution in [2.75, 3.05) is 0 Å². The fraction of sp³-hybridized carbons (Fsp3) is 0.133. The van der Waals surface area contributed by atoms with Crippen molar-refractivity contribution in [1.82, 2.24) is 14.3 Å². The predicted molar refractivity (Wildman–Crippen MR) is 77.6 cm³/mol. The molecule has 3 aromatic rings. The van der Waals surface area contributed by atoms with E-state index >= 15 is 0 Å². The zero-order valence-corrected chi connectivity index (χ0v) is 11.5. The van der Waals surface area contributed by atoms with Gasteiger partial charge in [0, 0.05) is 42.9 Å². The number of aromatic nitrogens is 3. The van der Waals surface area contributed by atoms with Crippen molar-refractivity contribution < 1.29 is 4.39 Å². The molecule has 0 saturated heterocycles. The Hall–Kier alpha value is -2.76. The molecule has 0 N–H and O–H groups in total. The molecule has 6 heteroatoms. The molecule has 2 heterocycles. The topological polar surface area (TPSA) is 56.9 Å². The van der Waals surface area contributed by atoms with E-state index in [9.17, 15) is 14.0 Å². The van der Waals surface area contributed by atoms with Crippen molar-refractivity contribution in [3.8, 4) is 11.1 Å². The van der Waals surface area contributed by atoms with E-state index in [0.29, 0.717) is 16.5 Å². The lowest BCUT2D eigenvalue weighted by Crippen LogP contribution is -2.19. The zero-order valence-electron chi connectivity index (χ0n) is 11.5. The maximum absolute atomic E-state index is 14.3. The van der Waals surface area contributed by atoms with Crippen LogP contribution < -0.4 is 11.1 Å². The molecule has 0 aliphatic heterocycles. The number of rotatable bonds is 1. The normalized spacial score (nSPS) is 11.0. The Morgan fingerprint density at radius 1 is 1.14 bits per heavy atom. The maximum atomic E-state index is 14.3. The maximum Gasteiger partial charge on any atom is 0.274 e. The second-order valence-corrected chi connectivity index (χ2v) is 4.86. The van der Waals surface area contributed by atoms with Gasteiger partial charge in [0.05, 0.1) is 11.6 Å². The lowest BCUT2D eigenvalue weighted by molar-refractivity contribution is 0.632. The number of nitrogens with zero attached hydrogens (tertiary/aromatic N) is 3. The van der Waals surface area contributed by atoms with Gasteiger partial charge in [-0.2, -0.15) is 5.10 Å². The Morgan fingerprint density at radius 2 is 1.90 bits per heavy atom. The molecule has 0 radical (unpaired) electrons. The molecule has 21 heavy (non-hydrogen) atoms. The van der Waals surface area contributed by atoms with Crippen molar-refractivity contribution in [2.24, 2.45) is 14.1 Å². The Labute approximate surface area is 118 Å². The summed E-state index contributed by atoms with van der Waals surface area (Å²) < 4.78 is 16.8. The van der Waals surface area contributed by atoms with Gasteiger partial charge in [-0.25, -0.2) is 9.07 Å². The van der Waals surface area contributed by atoms with Crippen LogP contribution in [-0.4, -0.2) is 14.3 Å². The number of halogens is 1. The van der Waals surface area contributed by atoms with Crippen molar-refractivity contribution in [2.45, 2.75) is 0 Å². The van der Waals surface area contributed by atoms with Crippen LogP contribution in [0.2, 0.25) is 0 Å². The van der Waals surface area contributed by atoms with Gasteiger partial charge in [0.1, 0.15) is 5.82 Å². The van der Waals surface area contributed by atoms with E-state index in [1.54, 1.807) is 25.4 Å². The summed E-state index contributed by atoms with van der Waals surface area (Å²) in [5.41, 5.74) is 0.374. The molecule has 0 atom stereocenters. The molecule has 1 aromatic carbocycles. The lowest BCUT2D eigenvalue weighted by Gasteiger charge is -2.08. The van der Waals surface area contributed by atoms with E-state index < -0.39 is 5.82 Å². The average molecular weight is 285 g/mol. The molecule has 3 rings (SSSR count). The van der Waals surface area contributed by atoms with E-state index in [0.717, 1.165) is 4.68 Å². The molecular weight excluding hydrogens is 273 g/mol. The second kappa shape index (κ2) is 4.66. The second-order valence-electron chi connectivity index (χ2n) is 4.86. The molecule has 0 unspecified atom stereocenters. The van der Waals surface area contributed by atoms with Crippen molar-refractivity contribution in [1.29, 1.82) is 0 Å². The largest absolute Gasteiger partial charge is 0.318 e. The van der Waals surface area contributed by atoms with Crippen LogP contribution in [0.3, 0.4) is 0 Å². The van der Waals surface area contributed by atoms with Gasteiger partial charge in [-0.1, -0.05) is 0 Å². The van der Waals surface area contributed by atoms with E-state index in [1.165, 1.54) is 29.9 Å². The quantitative estimate of drug-likeness (QED) is 0.680. The van der Waals surface area contributed by atoms with E-state index in [-0.39, 0.29) is 16.5 Å². The number of fused-ring (bicyclic) bond motifs is 1. The van der Waals surface area contributed by atoms with Crippen LogP contribution in [0.4, 0.5) is 4.39 Å². The fourth-order valence-corrected chi connectivity index (χ4v) is 2.23. The summed E-state index contributed by atoms with van der Waals surface area (Å²) in [6.45, 7) is 0. The van der Waals surface area contributed by atoms with Crippen LogP contribution in [-0.2, 0) is 14.1 Å². The van der Waals surface area contributed by atoms with Gasteiger partial charge in [0.25, 0.3) is 5.56 Å². The van der Waals surface area contributed by atoms with Crippen LogP contribution in [0.1, 0.15) is 0 Å². The smallest absolute Gasteiger partial charge is 0.274 e. The van der Waals surface area contributed by atoms with Gasteiger partial charge in [0.15, 0.2) is 0 Å². The average Bonchev–Trinajstić information content (AvgIpc) is 2.46. The third kappa shape index (κ3) is 2.14. The van der Waals surface area contributed by atoms with Crippen LogP contribution >= 0.6 is 0 Å². The van der Waals surface area contributed by atoms with Gasteiger partial charge in [-0.15, -0.1) is 0 Å². The summed E-state index contributed by atoms with van der Waals surface area (Å²) in [6, 6.07) is 5.71. The van der Waals surface area contributed by atoms with Crippen molar-refractivity contribution >= 4 is 10.8 Å². The molecule has 0 amide bonds. The van der Waals surface area contributed by atoms with E-state index in [2.05, 4.69) is 5.10 Å².